The fourth-order valence-electron chi connectivity index (χ4n) is 2.63. The van der Waals surface area contributed by atoms with E-state index in [1.165, 1.54) is 12.1 Å². The van der Waals surface area contributed by atoms with Crippen LogP contribution in [0.4, 0.5) is 5.69 Å². The second-order valence-corrected chi connectivity index (χ2v) is 8.91. The molecule has 0 bridgehead atoms. The van der Waals surface area contributed by atoms with E-state index >= 15 is 0 Å². The molecule has 0 radical (unpaired) electrons. The number of halogens is 1. The minimum absolute atomic E-state index is 0.0709. The number of ketones is 1. The van der Waals surface area contributed by atoms with Gasteiger partial charge in [0.05, 0.1) is 10.6 Å². The molecule has 3 aromatic rings. The summed E-state index contributed by atoms with van der Waals surface area (Å²) in [5.41, 5.74) is 0.990. The Bertz CT molecular complexity index is 1110. The number of carbonyl (C=O) groups excluding carboxylic acids is 2. The van der Waals surface area contributed by atoms with Crippen LogP contribution in [-0.4, -0.2) is 25.9 Å². The van der Waals surface area contributed by atoms with Gasteiger partial charge in [-0.1, -0.05) is 64.5 Å². The second kappa shape index (κ2) is 8.50. The van der Waals surface area contributed by atoms with E-state index in [4.69, 9.17) is 0 Å². The quantitative estimate of drug-likeness (QED) is 0.565. The van der Waals surface area contributed by atoms with Gasteiger partial charge >= 0.3 is 0 Å². The predicted molar refractivity (Wildman–Crippen MR) is 111 cm³/mol. The van der Waals surface area contributed by atoms with Gasteiger partial charge in [-0.3, -0.25) is 9.59 Å². The molecule has 0 aromatic heterocycles. The maximum Gasteiger partial charge on any atom is 0.239 e. The van der Waals surface area contributed by atoms with Gasteiger partial charge in [0.25, 0.3) is 0 Å². The van der Waals surface area contributed by atoms with E-state index in [2.05, 4.69) is 21.2 Å². The highest BCUT2D eigenvalue weighted by Crippen LogP contribution is 2.24. The van der Waals surface area contributed by atoms with Crippen LogP contribution >= 0.6 is 15.9 Å². The number of amides is 1. The number of rotatable bonds is 6. The Kier molecular flexibility index (Phi) is 6.06. The minimum Gasteiger partial charge on any atom is -0.325 e. The number of sulfone groups is 1. The van der Waals surface area contributed by atoms with Crippen LogP contribution in [0.3, 0.4) is 0 Å². The van der Waals surface area contributed by atoms with Gasteiger partial charge in [-0.15, -0.1) is 0 Å². The monoisotopic (exact) mass is 457 g/mol. The number of carbonyl (C=O) groups is 2. The summed E-state index contributed by atoms with van der Waals surface area (Å²) in [5, 5.41) is 2.55. The van der Waals surface area contributed by atoms with Crippen molar-refractivity contribution < 1.29 is 18.0 Å². The third-order valence-electron chi connectivity index (χ3n) is 3.96. The molecule has 0 aliphatic heterocycles. The van der Waals surface area contributed by atoms with Crippen LogP contribution in [0.5, 0.6) is 0 Å². The SMILES string of the molecule is O=C(CS(=O)(=O)c1ccccc1)Nc1ccc(Br)cc1C(=O)c1ccccc1. The van der Waals surface area contributed by atoms with Crippen LogP contribution in [0.15, 0.2) is 88.2 Å². The van der Waals surface area contributed by atoms with E-state index in [0.29, 0.717) is 10.0 Å². The first kappa shape index (κ1) is 20.0. The third-order valence-corrected chi connectivity index (χ3v) is 6.09. The largest absolute Gasteiger partial charge is 0.325 e. The number of nitrogens with one attached hydrogen (secondary N) is 1. The van der Waals surface area contributed by atoms with Gasteiger partial charge in [0.1, 0.15) is 5.75 Å². The van der Waals surface area contributed by atoms with Crippen molar-refractivity contribution in [2.45, 2.75) is 4.90 Å². The van der Waals surface area contributed by atoms with Gasteiger partial charge in [0, 0.05) is 15.6 Å². The van der Waals surface area contributed by atoms with Crippen molar-refractivity contribution in [2.75, 3.05) is 11.1 Å². The first-order chi connectivity index (χ1) is 13.4. The lowest BCUT2D eigenvalue weighted by Gasteiger charge is -2.12. The van der Waals surface area contributed by atoms with E-state index < -0.39 is 21.5 Å². The Morgan fingerprint density at radius 3 is 2.11 bits per heavy atom. The highest BCUT2D eigenvalue weighted by molar-refractivity contribution is 9.10. The molecule has 1 amide bonds. The van der Waals surface area contributed by atoms with Gasteiger partial charge in [-0.05, 0) is 30.3 Å². The number of hydrogen-bond acceptors (Lipinski definition) is 4. The average molecular weight is 458 g/mol. The van der Waals surface area contributed by atoms with Crippen LogP contribution in [0.2, 0.25) is 0 Å². The summed E-state index contributed by atoms with van der Waals surface area (Å²) in [7, 11) is -3.78. The summed E-state index contributed by atoms with van der Waals surface area (Å²) in [6, 6.07) is 21.2. The van der Waals surface area contributed by atoms with Crippen molar-refractivity contribution in [1.29, 1.82) is 0 Å². The Labute approximate surface area is 171 Å². The van der Waals surface area contributed by atoms with Gasteiger partial charge in [-0.2, -0.15) is 0 Å². The van der Waals surface area contributed by atoms with Crippen molar-refractivity contribution in [3.05, 3.63) is 94.5 Å². The maximum atomic E-state index is 12.8. The molecule has 1 N–H and O–H groups in total. The highest BCUT2D eigenvalue weighted by atomic mass is 79.9. The molecule has 7 heteroatoms. The van der Waals surface area contributed by atoms with Gasteiger partial charge < -0.3 is 5.32 Å². The van der Waals surface area contributed by atoms with Crippen molar-refractivity contribution in [3.63, 3.8) is 0 Å². The van der Waals surface area contributed by atoms with Gasteiger partial charge in [0.2, 0.25) is 5.91 Å². The fraction of sp³-hybridized carbons (Fsp3) is 0.0476. The molecule has 0 saturated carbocycles. The fourth-order valence-corrected chi connectivity index (χ4v) is 4.15. The molecule has 0 saturated heterocycles. The number of hydrogen-bond donors (Lipinski definition) is 1. The third kappa shape index (κ3) is 4.74. The predicted octanol–water partition coefficient (Wildman–Crippen LogP) is 4.09. The lowest BCUT2D eigenvalue weighted by atomic mass is 10.0. The van der Waals surface area contributed by atoms with E-state index in [1.54, 1.807) is 66.7 Å². The van der Waals surface area contributed by atoms with Crippen molar-refractivity contribution in [1.82, 2.24) is 0 Å². The Balaban J connectivity index is 1.85. The Morgan fingerprint density at radius 2 is 1.46 bits per heavy atom. The normalized spacial score (nSPS) is 11.0. The first-order valence-corrected chi connectivity index (χ1v) is 10.8. The Morgan fingerprint density at radius 1 is 0.857 bits per heavy atom. The number of anilines is 1. The maximum absolute atomic E-state index is 12.8. The molecule has 0 aliphatic rings. The molecule has 0 fully saturated rings. The van der Waals surface area contributed by atoms with Crippen LogP contribution in [0.1, 0.15) is 15.9 Å². The summed E-state index contributed by atoms with van der Waals surface area (Å²) in [6.45, 7) is 0. The second-order valence-electron chi connectivity index (χ2n) is 6.01. The molecule has 5 nitrogen and oxygen atoms in total. The zero-order valence-electron chi connectivity index (χ0n) is 14.6. The van der Waals surface area contributed by atoms with Crippen molar-refractivity contribution in [2.24, 2.45) is 0 Å². The van der Waals surface area contributed by atoms with E-state index in [-0.39, 0.29) is 21.9 Å². The Hall–Kier alpha value is -2.77. The van der Waals surface area contributed by atoms with Crippen LogP contribution in [0, 0.1) is 0 Å². The van der Waals surface area contributed by atoms with Gasteiger partial charge in [0.15, 0.2) is 15.6 Å². The standard InChI is InChI=1S/C21H16BrNO4S/c22-16-11-12-19(18(13-16)21(25)15-7-3-1-4-8-15)23-20(24)14-28(26,27)17-9-5-2-6-10-17/h1-13H,14H2,(H,23,24). The minimum atomic E-state index is -3.78. The summed E-state index contributed by atoms with van der Waals surface area (Å²) < 4.78 is 25.5. The summed E-state index contributed by atoms with van der Waals surface area (Å²) in [6.07, 6.45) is 0. The molecule has 0 atom stereocenters. The molecule has 142 valence electrons. The topological polar surface area (TPSA) is 80.3 Å². The van der Waals surface area contributed by atoms with E-state index in [9.17, 15) is 18.0 Å². The van der Waals surface area contributed by atoms with Crippen molar-refractivity contribution >= 4 is 43.1 Å². The molecular formula is C21H16BrNO4S. The van der Waals surface area contributed by atoms with Crippen LogP contribution < -0.4 is 5.32 Å². The zero-order chi connectivity index (χ0) is 20.1. The van der Waals surface area contributed by atoms with E-state index in [0.717, 1.165) is 0 Å². The summed E-state index contributed by atoms with van der Waals surface area (Å²) >= 11 is 3.32. The molecule has 0 heterocycles. The molecule has 0 aliphatic carbocycles. The molecule has 0 spiro atoms. The molecule has 0 unspecified atom stereocenters. The number of benzene rings is 3. The average Bonchev–Trinajstić information content (AvgIpc) is 2.70. The van der Waals surface area contributed by atoms with Crippen LogP contribution in [0.25, 0.3) is 0 Å². The van der Waals surface area contributed by atoms with Crippen LogP contribution in [-0.2, 0) is 14.6 Å². The molecule has 3 aromatic carbocycles. The summed E-state index contributed by atoms with van der Waals surface area (Å²) in [5.74, 6) is -1.71. The molecule has 28 heavy (non-hydrogen) atoms. The summed E-state index contributed by atoms with van der Waals surface area (Å²) in [4.78, 5) is 25.3. The lowest BCUT2D eigenvalue weighted by molar-refractivity contribution is -0.113. The van der Waals surface area contributed by atoms with E-state index in [1.807, 2.05) is 0 Å². The lowest BCUT2D eigenvalue weighted by Crippen LogP contribution is -2.24. The first-order valence-electron chi connectivity index (χ1n) is 8.34. The zero-order valence-corrected chi connectivity index (χ0v) is 17.0. The van der Waals surface area contributed by atoms with Crippen molar-refractivity contribution in [3.8, 4) is 0 Å². The van der Waals surface area contributed by atoms with Gasteiger partial charge in [-0.25, -0.2) is 8.42 Å². The molecular weight excluding hydrogens is 442 g/mol. The molecule has 3 rings (SSSR count). The smallest absolute Gasteiger partial charge is 0.239 e. The highest BCUT2D eigenvalue weighted by Gasteiger charge is 2.21.